The van der Waals surface area contributed by atoms with Gasteiger partial charge in [0.1, 0.15) is 18.2 Å². The minimum atomic E-state index is -0.930. The molecule has 5 nitrogen and oxygen atoms in total. The van der Waals surface area contributed by atoms with Crippen molar-refractivity contribution in [3.8, 4) is 5.75 Å². The van der Waals surface area contributed by atoms with Gasteiger partial charge in [0.15, 0.2) is 0 Å². The van der Waals surface area contributed by atoms with Crippen molar-refractivity contribution >= 4 is 11.9 Å². The van der Waals surface area contributed by atoms with E-state index in [1.165, 1.54) is 6.07 Å². The van der Waals surface area contributed by atoms with Crippen LogP contribution in [0.15, 0.2) is 66.7 Å². The summed E-state index contributed by atoms with van der Waals surface area (Å²) in [5.74, 6) is -0.582. The molecule has 0 bridgehead atoms. The van der Waals surface area contributed by atoms with E-state index >= 15 is 0 Å². The van der Waals surface area contributed by atoms with Gasteiger partial charge in [-0.2, -0.15) is 0 Å². The van der Waals surface area contributed by atoms with Crippen molar-refractivity contribution in [2.45, 2.75) is 52.7 Å². The molecule has 0 saturated heterocycles. The van der Waals surface area contributed by atoms with Gasteiger partial charge in [-0.05, 0) is 72.2 Å². The standard InChI is InChI=1S/C29H32FNO4/c1-19(2)16-27(24-10-7-11-26(30)20(24)3)31-29(34)25-17-21(12-13-22(25)14-15-28(32)33)18-35-23-8-5-4-6-9-23/h4-13,17,19,27H,14-16,18H2,1-3H3,(H,31,34)(H,32,33). The number of nitrogens with one attached hydrogen (secondary N) is 1. The molecule has 1 unspecified atom stereocenters. The van der Waals surface area contributed by atoms with E-state index in [4.69, 9.17) is 9.84 Å². The van der Waals surface area contributed by atoms with Gasteiger partial charge in [0.2, 0.25) is 0 Å². The third kappa shape index (κ3) is 7.41. The van der Waals surface area contributed by atoms with Gasteiger partial charge in [-0.25, -0.2) is 4.39 Å². The molecule has 3 aromatic carbocycles. The number of carboxylic acid groups (broad SMARTS) is 1. The Kier molecular flexibility index (Phi) is 9.01. The molecule has 0 spiro atoms. The second-order valence-electron chi connectivity index (χ2n) is 9.10. The molecule has 1 amide bonds. The Hall–Kier alpha value is -3.67. The predicted molar refractivity (Wildman–Crippen MR) is 134 cm³/mol. The van der Waals surface area contributed by atoms with Crippen LogP contribution in [0.5, 0.6) is 5.75 Å². The quantitative estimate of drug-likeness (QED) is 0.342. The molecule has 0 aliphatic carbocycles. The lowest BCUT2D eigenvalue weighted by Crippen LogP contribution is -2.31. The number of halogens is 1. The molecule has 0 aliphatic rings. The molecular weight excluding hydrogens is 445 g/mol. The van der Waals surface area contributed by atoms with Gasteiger partial charge in [-0.3, -0.25) is 9.59 Å². The van der Waals surface area contributed by atoms with Gasteiger partial charge in [0.05, 0.1) is 6.04 Å². The number of hydrogen-bond acceptors (Lipinski definition) is 3. The van der Waals surface area contributed by atoms with Crippen LogP contribution in [0.3, 0.4) is 0 Å². The average Bonchev–Trinajstić information content (AvgIpc) is 2.83. The van der Waals surface area contributed by atoms with Crippen molar-refractivity contribution in [2.24, 2.45) is 5.92 Å². The van der Waals surface area contributed by atoms with E-state index in [1.807, 2.05) is 56.3 Å². The lowest BCUT2D eigenvalue weighted by molar-refractivity contribution is -0.136. The van der Waals surface area contributed by atoms with Crippen LogP contribution in [0.2, 0.25) is 0 Å². The zero-order valence-electron chi connectivity index (χ0n) is 20.4. The fourth-order valence-electron chi connectivity index (χ4n) is 4.04. The molecule has 0 saturated carbocycles. The first-order valence-corrected chi connectivity index (χ1v) is 11.8. The molecule has 1 atom stereocenters. The zero-order valence-corrected chi connectivity index (χ0v) is 20.4. The highest BCUT2D eigenvalue weighted by Crippen LogP contribution is 2.27. The number of amides is 1. The van der Waals surface area contributed by atoms with Gasteiger partial charge in [0, 0.05) is 12.0 Å². The third-order valence-electron chi connectivity index (χ3n) is 5.87. The Bertz CT molecular complexity index is 1160. The number of ether oxygens (including phenoxy) is 1. The first kappa shape index (κ1) is 25.9. The van der Waals surface area contributed by atoms with E-state index in [2.05, 4.69) is 5.32 Å². The number of benzene rings is 3. The van der Waals surface area contributed by atoms with Crippen molar-refractivity contribution < 1.29 is 23.8 Å². The number of aryl methyl sites for hydroxylation is 1. The van der Waals surface area contributed by atoms with Crippen molar-refractivity contribution in [3.05, 3.63) is 100 Å². The molecule has 6 heteroatoms. The number of carboxylic acids is 1. The van der Waals surface area contributed by atoms with Gasteiger partial charge in [0.25, 0.3) is 5.91 Å². The lowest BCUT2D eigenvalue weighted by Gasteiger charge is -2.24. The van der Waals surface area contributed by atoms with E-state index in [9.17, 15) is 14.0 Å². The molecule has 0 radical (unpaired) electrons. The Morgan fingerprint density at radius 2 is 1.77 bits per heavy atom. The first-order chi connectivity index (χ1) is 16.7. The van der Waals surface area contributed by atoms with Crippen molar-refractivity contribution in [2.75, 3.05) is 0 Å². The molecule has 0 heterocycles. The van der Waals surface area contributed by atoms with Crippen molar-refractivity contribution in [1.82, 2.24) is 5.32 Å². The van der Waals surface area contributed by atoms with Crippen LogP contribution in [0, 0.1) is 18.7 Å². The molecule has 35 heavy (non-hydrogen) atoms. The highest BCUT2D eigenvalue weighted by Gasteiger charge is 2.22. The Labute approximate surface area is 206 Å². The largest absolute Gasteiger partial charge is 0.489 e. The van der Waals surface area contributed by atoms with E-state index in [0.29, 0.717) is 28.9 Å². The molecule has 3 aromatic rings. The summed E-state index contributed by atoms with van der Waals surface area (Å²) in [5.41, 5.74) is 3.09. The monoisotopic (exact) mass is 477 g/mol. The predicted octanol–water partition coefficient (Wildman–Crippen LogP) is 6.25. The zero-order chi connectivity index (χ0) is 25.4. The minimum Gasteiger partial charge on any atom is -0.489 e. The smallest absolute Gasteiger partial charge is 0.303 e. The van der Waals surface area contributed by atoms with Gasteiger partial charge < -0.3 is 15.2 Å². The van der Waals surface area contributed by atoms with Gasteiger partial charge in [-0.15, -0.1) is 0 Å². The summed E-state index contributed by atoms with van der Waals surface area (Å²) in [6, 6.07) is 19.3. The van der Waals surface area contributed by atoms with Crippen LogP contribution in [-0.4, -0.2) is 17.0 Å². The third-order valence-corrected chi connectivity index (χ3v) is 5.87. The lowest BCUT2D eigenvalue weighted by atomic mass is 9.92. The summed E-state index contributed by atoms with van der Waals surface area (Å²) in [6.07, 6.45) is 0.779. The number of carbonyl (C=O) groups excluding carboxylic acids is 1. The highest BCUT2D eigenvalue weighted by atomic mass is 19.1. The maximum Gasteiger partial charge on any atom is 0.303 e. The molecule has 3 rings (SSSR count). The van der Waals surface area contributed by atoms with E-state index in [-0.39, 0.29) is 43.1 Å². The molecule has 0 aliphatic heterocycles. The maximum absolute atomic E-state index is 14.3. The topological polar surface area (TPSA) is 75.6 Å². The number of aliphatic carboxylic acids is 1. The number of carbonyl (C=O) groups is 2. The molecule has 2 N–H and O–H groups in total. The van der Waals surface area contributed by atoms with Crippen molar-refractivity contribution in [3.63, 3.8) is 0 Å². The van der Waals surface area contributed by atoms with Crippen LogP contribution in [0.1, 0.15) is 65.3 Å². The fraction of sp³-hybridized carbons (Fsp3) is 0.310. The Morgan fingerprint density at radius 3 is 2.46 bits per heavy atom. The normalized spacial score (nSPS) is 11.8. The summed E-state index contributed by atoms with van der Waals surface area (Å²) >= 11 is 0. The van der Waals surface area contributed by atoms with Gasteiger partial charge >= 0.3 is 5.97 Å². The Balaban J connectivity index is 1.89. The molecule has 0 fully saturated rings. The minimum absolute atomic E-state index is 0.0848. The van der Waals surface area contributed by atoms with E-state index in [0.717, 1.165) is 11.1 Å². The highest BCUT2D eigenvalue weighted by molar-refractivity contribution is 5.96. The summed E-state index contributed by atoms with van der Waals surface area (Å²) in [5, 5.41) is 12.2. The van der Waals surface area contributed by atoms with Crippen LogP contribution < -0.4 is 10.1 Å². The summed E-state index contributed by atoms with van der Waals surface area (Å²) in [4.78, 5) is 24.7. The number of para-hydroxylation sites is 1. The molecule has 0 aromatic heterocycles. The van der Waals surface area contributed by atoms with Gasteiger partial charge in [-0.1, -0.05) is 56.3 Å². The second-order valence-corrected chi connectivity index (χ2v) is 9.10. The number of hydrogen-bond donors (Lipinski definition) is 2. The second kappa shape index (κ2) is 12.2. The SMILES string of the molecule is Cc1c(F)cccc1C(CC(C)C)NC(=O)c1cc(COc2ccccc2)ccc1CCC(=O)O. The fourth-order valence-corrected chi connectivity index (χ4v) is 4.04. The molecular formula is C29H32FNO4. The van der Waals surface area contributed by atoms with E-state index < -0.39 is 5.97 Å². The number of rotatable bonds is 11. The van der Waals surface area contributed by atoms with Crippen LogP contribution in [0.25, 0.3) is 0 Å². The van der Waals surface area contributed by atoms with Crippen molar-refractivity contribution in [1.29, 1.82) is 0 Å². The maximum atomic E-state index is 14.3. The van der Waals surface area contributed by atoms with Crippen LogP contribution >= 0.6 is 0 Å². The first-order valence-electron chi connectivity index (χ1n) is 11.8. The van der Waals surface area contributed by atoms with Crippen LogP contribution in [-0.2, 0) is 17.8 Å². The summed E-state index contributed by atoms with van der Waals surface area (Å²) in [7, 11) is 0. The van der Waals surface area contributed by atoms with E-state index in [1.54, 1.807) is 25.1 Å². The summed E-state index contributed by atoms with van der Waals surface area (Å²) in [6.45, 7) is 6.08. The average molecular weight is 478 g/mol. The Morgan fingerprint density at radius 1 is 1.03 bits per heavy atom. The summed E-state index contributed by atoms with van der Waals surface area (Å²) < 4.78 is 20.1. The molecule has 184 valence electrons. The van der Waals surface area contributed by atoms with Crippen LogP contribution in [0.4, 0.5) is 4.39 Å².